The second-order valence-electron chi connectivity index (χ2n) is 7.50. The Labute approximate surface area is 183 Å². The lowest BCUT2D eigenvalue weighted by Crippen LogP contribution is -2.51. The number of carbonyl (C=O) groups excluding carboxylic acids is 1. The molecule has 3 rings (SSSR count). The Hall–Kier alpha value is -2.28. The van der Waals surface area contributed by atoms with Crippen molar-refractivity contribution in [2.75, 3.05) is 40.5 Å². The first-order chi connectivity index (χ1) is 14.5. The number of para-hydroxylation sites is 1. The van der Waals surface area contributed by atoms with Gasteiger partial charge in [0.05, 0.1) is 13.7 Å². The van der Waals surface area contributed by atoms with E-state index in [9.17, 15) is 4.79 Å². The zero-order valence-electron chi connectivity index (χ0n) is 17.5. The lowest BCUT2D eigenvalue weighted by molar-refractivity contribution is -0.125. The highest BCUT2D eigenvalue weighted by Crippen LogP contribution is 2.28. The predicted molar refractivity (Wildman–Crippen MR) is 117 cm³/mol. The van der Waals surface area contributed by atoms with Crippen LogP contribution in [0.25, 0.3) is 0 Å². The molecule has 0 radical (unpaired) electrons. The van der Waals surface area contributed by atoms with Crippen LogP contribution in [0.5, 0.6) is 11.5 Å². The zero-order valence-corrected chi connectivity index (χ0v) is 18.3. The fourth-order valence-electron chi connectivity index (χ4n) is 3.60. The van der Waals surface area contributed by atoms with Crippen LogP contribution < -0.4 is 14.8 Å². The molecule has 30 heavy (non-hydrogen) atoms. The summed E-state index contributed by atoms with van der Waals surface area (Å²) in [6, 6.07) is 15.1. The molecule has 1 amide bonds. The van der Waals surface area contributed by atoms with Gasteiger partial charge >= 0.3 is 0 Å². The van der Waals surface area contributed by atoms with Crippen molar-refractivity contribution in [1.82, 2.24) is 10.2 Å². The van der Waals surface area contributed by atoms with Gasteiger partial charge in [-0.25, -0.2) is 0 Å². The first-order valence-electron chi connectivity index (χ1n) is 10.1. The van der Waals surface area contributed by atoms with Gasteiger partial charge in [0, 0.05) is 37.3 Å². The standard InChI is InChI=1S/C23H29ClN2O4/c1-28-21-9-4-3-6-18(21)15-25-22(27)16-26-12-10-23(29-2,11-13-26)17-30-20-8-5-7-19(24)14-20/h3-9,14H,10-13,15-17H2,1-2H3,(H,25,27). The smallest absolute Gasteiger partial charge is 0.234 e. The van der Waals surface area contributed by atoms with Crippen LogP contribution in [-0.4, -0.2) is 56.9 Å². The first-order valence-corrected chi connectivity index (χ1v) is 10.5. The molecule has 1 heterocycles. The number of likely N-dealkylation sites (tertiary alicyclic amines) is 1. The van der Waals surface area contributed by atoms with Crippen LogP contribution in [0.15, 0.2) is 48.5 Å². The third kappa shape index (κ3) is 6.11. The molecule has 0 saturated carbocycles. The van der Waals surface area contributed by atoms with Crippen molar-refractivity contribution in [2.45, 2.75) is 25.0 Å². The minimum absolute atomic E-state index is 0.000926. The summed E-state index contributed by atoms with van der Waals surface area (Å²) in [4.78, 5) is 14.5. The molecule has 0 unspecified atom stereocenters. The largest absolute Gasteiger partial charge is 0.496 e. The Morgan fingerprint density at radius 1 is 1.13 bits per heavy atom. The van der Waals surface area contributed by atoms with E-state index < -0.39 is 0 Å². The highest BCUT2D eigenvalue weighted by Gasteiger charge is 2.36. The van der Waals surface area contributed by atoms with E-state index in [1.165, 1.54) is 0 Å². The lowest BCUT2D eigenvalue weighted by atomic mass is 9.92. The second kappa shape index (κ2) is 10.7. The minimum Gasteiger partial charge on any atom is -0.496 e. The van der Waals surface area contributed by atoms with Gasteiger partial charge in [0.1, 0.15) is 23.7 Å². The molecule has 2 aromatic rings. The van der Waals surface area contributed by atoms with E-state index in [1.54, 1.807) is 20.3 Å². The van der Waals surface area contributed by atoms with Crippen molar-refractivity contribution in [1.29, 1.82) is 0 Å². The summed E-state index contributed by atoms with van der Waals surface area (Å²) >= 11 is 6.02. The van der Waals surface area contributed by atoms with Crippen LogP contribution in [0.1, 0.15) is 18.4 Å². The molecule has 0 aliphatic carbocycles. The number of hydrogen-bond donors (Lipinski definition) is 1. The topological polar surface area (TPSA) is 60.0 Å². The summed E-state index contributed by atoms with van der Waals surface area (Å²) in [5.74, 6) is 1.51. The molecule has 6 nitrogen and oxygen atoms in total. The van der Waals surface area contributed by atoms with E-state index >= 15 is 0 Å². The summed E-state index contributed by atoms with van der Waals surface area (Å²) in [7, 11) is 3.35. The van der Waals surface area contributed by atoms with Crippen molar-refractivity contribution in [3.8, 4) is 11.5 Å². The molecular formula is C23H29ClN2O4. The molecule has 162 valence electrons. The molecule has 0 atom stereocenters. The Kier molecular flexibility index (Phi) is 7.96. The molecule has 1 aliphatic rings. The van der Waals surface area contributed by atoms with Gasteiger partial charge in [0.25, 0.3) is 0 Å². The van der Waals surface area contributed by atoms with Crippen molar-refractivity contribution in [3.05, 3.63) is 59.1 Å². The molecule has 1 aliphatic heterocycles. The number of carbonyl (C=O) groups is 1. The molecule has 1 fully saturated rings. The Morgan fingerprint density at radius 3 is 2.60 bits per heavy atom. The number of nitrogens with one attached hydrogen (secondary N) is 1. The van der Waals surface area contributed by atoms with E-state index in [2.05, 4.69) is 10.2 Å². The number of rotatable bonds is 9. The summed E-state index contributed by atoms with van der Waals surface area (Å²) in [5.41, 5.74) is 0.607. The maximum atomic E-state index is 12.4. The summed E-state index contributed by atoms with van der Waals surface area (Å²) in [5, 5.41) is 3.62. The number of nitrogens with zero attached hydrogens (tertiary/aromatic N) is 1. The van der Waals surface area contributed by atoms with Crippen molar-refractivity contribution in [2.24, 2.45) is 0 Å². The maximum Gasteiger partial charge on any atom is 0.234 e. The second-order valence-corrected chi connectivity index (χ2v) is 7.93. The molecule has 1 saturated heterocycles. The van der Waals surface area contributed by atoms with Crippen molar-refractivity contribution >= 4 is 17.5 Å². The Bertz CT molecular complexity index is 837. The molecule has 0 spiro atoms. The number of ether oxygens (including phenoxy) is 3. The Morgan fingerprint density at radius 2 is 1.90 bits per heavy atom. The molecule has 7 heteroatoms. The molecule has 2 aromatic carbocycles. The SMILES string of the molecule is COc1ccccc1CNC(=O)CN1CCC(COc2cccc(Cl)c2)(OC)CC1. The van der Waals surface area contributed by atoms with Crippen LogP contribution in [0.2, 0.25) is 5.02 Å². The third-order valence-corrected chi connectivity index (χ3v) is 5.77. The average Bonchev–Trinajstić information content (AvgIpc) is 2.78. The van der Waals surface area contributed by atoms with Gasteiger partial charge in [-0.15, -0.1) is 0 Å². The molecular weight excluding hydrogens is 404 g/mol. The van der Waals surface area contributed by atoms with Crippen LogP contribution in [0.3, 0.4) is 0 Å². The van der Waals surface area contributed by atoms with E-state index in [4.69, 9.17) is 25.8 Å². The Balaban J connectivity index is 1.45. The monoisotopic (exact) mass is 432 g/mol. The van der Waals surface area contributed by atoms with Gasteiger partial charge in [-0.05, 0) is 37.1 Å². The van der Waals surface area contributed by atoms with Crippen molar-refractivity contribution in [3.63, 3.8) is 0 Å². The summed E-state index contributed by atoms with van der Waals surface area (Å²) in [6.07, 6.45) is 1.59. The number of amides is 1. The number of benzene rings is 2. The molecule has 1 N–H and O–H groups in total. The van der Waals surface area contributed by atoms with Gasteiger partial charge in [-0.1, -0.05) is 35.9 Å². The predicted octanol–water partition coefficient (Wildman–Crippen LogP) is 3.52. The van der Waals surface area contributed by atoms with E-state index in [1.807, 2.05) is 42.5 Å². The number of methoxy groups -OCH3 is 2. The van der Waals surface area contributed by atoms with Gasteiger partial charge in [-0.2, -0.15) is 0 Å². The molecule has 0 aromatic heterocycles. The zero-order chi connectivity index (χ0) is 21.4. The van der Waals surface area contributed by atoms with Crippen LogP contribution in [-0.2, 0) is 16.1 Å². The van der Waals surface area contributed by atoms with Crippen LogP contribution >= 0.6 is 11.6 Å². The lowest BCUT2D eigenvalue weighted by Gasteiger charge is -2.40. The fourth-order valence-corrected chi connectivity index (χ4v) is 3.78. The van der Waals surface area contributed by atoms with Crippen LogP contribution in [0, 0.1) is 0 Å². The summed E-state index contributed by atoms with van der Waals surface area (Å²) in [6.45, 7) is 2.82. The third-order valence-electron chi connectivity index (χ3n) is 5.53. The highest BCUT2D eigenvalue weighted by atomic mass is 35.5. The molecule has 0 bridgehead atoms. The highest BCUT2D eigenvalue weighted by molar-refractivity contribution is 6.30. The van der Waals surface area contributed by atoms with E-state index in [-0.39, 0.29) is 11.5 Å². The van der Waals surface area contributed by atoms with E-state index in [0.29, 0.717) is 24.7 Å². The van der Waals surface area contributed by atoms with Gasteiger partial charge < -0.3 is 19.5 Å². The maximum absolute atomic E-state index is 12.4. The summed E-state index contributed by atoms with van der Waals surface area (Å²) < 4.78 is 17.1. The van der Waals surface area contributed by atoms with Crippen LogP contribution in [0.4, 0.5) is 0 Å². The van der Waals surface area contributed by atoms with Crippen molar-refractivity contribution < 1.29 is 19.0 Å². The van der Waals surface area contributed by atoms with Gasteiger partial charge in [0.15, 0.2) is 0 Å². The first kappa shape index (κ1) is 22.4. The fraction of sp³-hybridized carbons (Fsp3) is 0.435. The van der Waals surface area contributed by atoms with E-state index in [0.717, 1.165) is 43.0 Å². The quantitative estimate of drug-likeness (QED) is 0.657. The number of piperidine rings is 1. The number of halogens is 1. The van der Waals surface area contributed by atoms with Gasteiger partial charge in [-0.3, -0.25) is 9.69 Å². The van der Waals surface area contributed by atoms with Gasteiger partial charge in [0.2, 0.25) is 5.91 Å². The average molecular weight is 433 g/mol. The number of hydrogen-bond acceptors (Lipinski definition) is 5. The minimum atomic E-state index is -0.354. The normalized spacial score (nSPS) is 16.1.